The number of methoxy groups -OCH3 is 1. The highest BCUT2D eigenvalue weighted by atomic mass is 35.5. The second-order valence-electron chi connectivity index (χ2n) is 4.84. The van der Waals surface area contributed by atoms with Crippen LogP contribution < -0.4 is 0 Å². The molecule has 1 heterocycles. The van der Waals surface area contributed by atoms with Crippen LogP contribution in [0.15, 0.2) is 12.3 Å². The highest BCUT2D eigenvalue weighted by Gasteiger charge is 2.47. The molecule has 0 aliphatic heterocycles. The molecule has 1 fully saturated rings. The van der Waals surface area contributed by atoms with Crippen molar-refractivity contribution in [3.05, 3.63) is 28.5 Å². The molecule has 2 rings (SSSR count). The molecule has 0 bridgehead atoms. The fraction of sp³-hybridized carbons (Fsp3) is 0.500. The summed E-state index contributed by atoms with van der Waals surface area (Å²) in [6.07, 6.45) is 2.53. The maximum absolute atomic E-state index is 11.4. The van der Waals surface area contributed by atoms with Crippen LogP contribution in [0.2, 0.25) is 5.15 Å². The number of hydrogen-bond acceptors (Lipinski definition) is 3. The van der Waals surface area contributed by atoms with Gasteiger partial charge in [-0.15, -0.1) is 0 Å². The molecule has 4 heteroatoms. The van der Waals surface area contributed by atoms with Crippen LogP contribution >= 0.6 is 11.6 Å². The van der Waals surface area contributed by atoms with Crippen molar-refractivity contribution in [1.82, 2.24) is 4.98 Å². The quantitative estimate of drug-likeness (QED) is 0.588. The first-order valence-corrected chi connectivity index (χ1v) is 5.57. The summed E-state index contributed by atoms with van der Waals surface area (Å²) in [5, 5.41) is 0.489. The highest BCUT2D eigenvalue weighted by molar-refractivity contribution is 6.30. The van der Waals surface area contributed by atoms with E-state index in [0.29, 0.717) is 16.6 Å². The Balaban J connectivity index is 2.35. The number of hydrogen-bond donors (Lipinski definition) is 0. The average molecular weight is 240 g/mol. The lowest BCUT2D eigenvalue weighted by molar-refractivity contribution is 0.0600. The number of esters is 1. The Labute approximate surface area is 99.8 Å². The van der Waals surface area contributed by atoms with Gasteiger partial charge in [-0.2, -0.15) is 0 Å². The lowest BCUT2D eigenvalue weighted by Crippen LogP contribution is -2.04. The molecule has 1 unspecified atom stereocenters. The van der Waals surface area contributed by atoms with Crippen LogP contribution in [0.4, 0.5) is 0 Å². The molecule has 0 aromatic carbocycles. The minimum absolute atomic E-state index is 0.264. The summed E-state index contributed by atoms with van der Waals surface area (Å²) >= 11 is 6.04. The standard InChI is InChI=1S/C12H14ClNO2/c1-12(2)5-9(12)8-4-7(11(15)16-3)6-14-10(8)13/h4,6,9H,5H2,1-3H3. The minimum atomic E-state index is -0.371. The molecule has 0 saturated heterocycles. The Morgan fingerprint density at radius 2 is 2.25 bits per heavy atom. The van der Waals surface area contributed by atoms with Crippen molar-refractivity contribution in [2.45, 2.75) is 26.2 Å². The molecule has 0 amide bonds. The molecule has 1 aliphatic rings. The number of carbonyl (C=O) groups is 1. The van der Waals surface area contributed by atoms with Crippen molar-refractivity contribution < 1.29 is 9.53 Å². The number of carbonyl (C=O) groups excluding carboxylic acids is 1. The van der Waals surface area contributed by atoms with E-state index in [4.69, 9.17) is 11.6 Å². The largest absolute Gasteiger partial charge is 0.465 e. The van der Waals surface area contributed by atoms with Gasteiger partial charge in [0, 0.05) is 6.20 Å². The monoisotopic (exact) mass is 239 g/mol. The van der Waals surface area contributed by atoms with E-state index < -0.39 is 0 Å². The first kappa shape index (κ1) is 11.4. The molecule has 0 radical (unpaired) electrons. The predicted molar refractivity (Wildman–Crippen MR) is 61.7 cm³/mol. The van der Waals surface area contributed by atoms with Gasteiger partial charge in [-0.25, -0.2) is 9.78 Å². The third-order valence-corrected chi connectivity index (χ3v) is 3.49. The molecular formula is C12H14ClNO2. The topological polar surface area (TPSA) is 39.2 Å². The van der Waals surface area contributed by atoms with Crippen LogP contribution in [0, 0.1) is 5.41 Å². The van der Waals surface area contributed by atoms with Crippen molar-refractivity contribution in [2.75, 3.05) is 7.11 Å². The smallest absolute Gasteiger partial charge is 0.339 e. The van der Waals surface area contributed by atoms with Gasteiger partial charge >= 0.3 is 5.97 Å². The van der Waals surface area contributed by atoms with Crippen LogP contribution in [0.3, 0.4) is 0 Å². The zero-order valence-corrected chi connectivity index (χ0v) is 10.3. The zero-order chi connectivity index (χ0) is 11.9. The van der Waals surface area contributed by atoms with Crippen molar-refractivity contribution in [1.29, 1.82) is 0 Å². The van der Waals surface area contributed by atoms with Gasteiger partial charge in [-0.1, -0.05) is 25.4 Å². The summed E-state index contributed by atoms with van der Waals surface area (Å²) in [7, 11) is 1.36. The van der Waals surface area contributed by atoms with Crippen LogP contribution in [0.1, 0.15) is 42.1 Å². The highest BCUT2D eigenvalue weighted by Crippen LogP contribution is 2.59. The van der Waals surface area contributed by atoms with Crippen molar-refractivity contribution in [3.8, 4) is 0 Å². The lowest BCUT2D eigenvalue weighted by Gasteiger charge is -2.07. The van der Waals surface area contributed by atoms with Crippen LogP contribution in [-0.2, 0) is 4.74 Å². The number of rotatable bonds is 2. The van der Waals surface area contributed by atoms with E-state index in [2.05, 4.69) is 23.6 Å². The molecule has 1 aliphatic carbocycles. The Kier molecular flexibility index (Phi) is 2.66. The van der Waals surface area contributed by atoms with Crippen LogP contribution in [-0.4, -0.2) is 18.1 Å². The molecule has 3 nitrogen and oxygen atoms in total. The summed E-state index contributed by atoms with van der Waals surface area (Å²) in [6.45, 7) is 4.36. The normalized spacial score (nSPS) is 21.6. The van der Waals surface area contributed by atoms with Crippen LogP contribution in [0.25, 0.3) is 0 Å². The molecular weight excluding hydrogens is 226 g/mol. The first-order chi connectivity index (χ1) is 7.45. The second kappa shape index (κ2) is 3.74. The van der Waals surface area contributed by atoms with Gasteiger partial charge < -0.3 is 4.74 Å². The summed E-state index contributed by atoms with van der Waals surface area (Å²) in [5.41, 5.74) is 1.68. The second-order valence-corrected chi connectivity index (χ2v) is 5.20. The van der Waals surface area contributed by atoms with Gasteiger partial charge in [0.25, 0.3) is 0 Å². The lowest BCUT2D eigenvalue weighted by atomic mass is 10.0. The van der Waals surface area contributed by atoms with Gasteiger partial charge in [0.15, 0.2) is 0 Å². The van der Waals surface area contributed by atoms with Gasteiger partial charge in [0.2, 0.25) is 0 Å². The fourth-order valence-electron chi connectivity index (χ4n) is 1.94. The predicted octanol–water partition coefficient (Wildman–Crippen LogP) is 3.04. The van der Waals surface area contributed by atoms with Crippen molar-refractivity contribution in [2.24, 2.45) is 5.41 Å². The van der Waals surface area contributed by atoms with Crippen molar-refractivity contribution >= 4 is 17.6 Å². The fourth-order valence-corrected chi connectivity index (χ4v) is 2.17. The van der Waals surface area contributed by atoms with E-state index in [1.54, 1.807) is 6.07 Å². The molecule has 1 aromatic rings. The van der Waals surface area contributed by atoms with Gasteiger partial charge in [0.1, 0.15) is 5.15 Å². The van der Waals surface area contributed by atoms with E-state index in [1.807, 2.05) is 0 Å². The van der Waals surface area contributed by atoms with E-state index >= 15 is 0 Å². The van der Waals surface area contributed by atoms with Gasteiger partial charge in [-0.05, 0) is 29.4 Å². The summed E-state index contributed by atoms with van der Waals surface area (Å²) in [5.74, 6) is 0.0287. The number of halogens is 1. The number of aromatic nitrogens is 1. The van der Waals surface area contributed by atoms with Crippen LogP contribution in [0.5, 0.6) is 0 Å². The Morgan fingerprint density at radius 1 is 1.62 bits per heavy atom. The summed E-state index contributed by atoms with van der Waals surface area (Å²) < 4.78 is 4.66. The minimum Gasteiger partial charge on any atom is -0.465 e. The molecule has 1 aromatic heterocycles. The third kappa shape index (κ3) is 1.92. The number of nitrogens with zero attached hydrogens (tertiary/aromatic N) is 1. The Hall–Kier alpha value is -1.09. The van der Waals surface area contributed by atoms with E-state index in [-0.39, 0.29) is 11.4 Å². The molecule has 16 heavy (non-hydrogen) atoms. The number of ether oxygens (including phenoxy) is 1. The van der Waals surface area contributed by atoms with Crippen molar-refractivity contribution in [3.63, 3.8) is 0 Å². The zero-order valence-electron chi connectivity index (χ0n) is 9.58. The molecule has 1 atom stereocenters. The Morgan fingerprint density at radius 3 is 2.75 bits per heavy atom. The maximum Gasteiger partial charge on any atom is 0.339 e. The molecule has 0 spiro atoms. The molecule has 1 saturated carbocycles. The summed E-state index contributed by atoms with van der Waals surface area (Å²) in [4.78, 5) is 15.4. The SMILES string of the molecule is COC(=O)c1cnc(Cl)c(C2CC2(C)C)c1. The summed E-state index contributed by atoms with van der Waals surface area (Å²) in [6, 6.07) is 1.79. The average Bonchev–Trinajstić information content (AvgIpc) is 2.87. The van der Waals surface area contributed by atoms with E-state index in [9.17, 15) is 4.79 Å². The molecule has 86 valence electrons. The van der Waals surface area contributed by atoms with Gasteiger partial charge in [0.05, 0.1) is 12.7 Å². The maximum atomic E-state index is 11.4. The Bertz CT molecular complexity index is 443. The van der Waals surface area contributed by atoms with E-state index in [0.717, 1.165) is 12.0 Å². The molecule has 0 N–H and O–H groups in total. The van der Waals surface area contributed by atoms with E-state index in [1.165, 1.54) is 13.3 Å². The third-order valence-electron chi connectivity index (χ3n) is 3.18. The number of pyridine rings is 1. The van der Waals surface area contributed by atoms with Gasteiger partial charge in [-0.3, -0.25) is 0 Å². The first-order valence-electron chi connectivity index (χ1n) is 5.19.